The van der Waals surface area contributed by atoms with Crippen molar-refractivity contribution in [2.24, 2.45) is 5.92 Å². The van der Waals surface area contributed by atoms with Gasteiger partial charge in [-0.3, -0.25) is 14.5 Å². The van der Waals surface area contributed by atoms with Gasteiger partial charge in [-0.2, -0.15) is 0 Å². The van der Waals surface area contributed by atoms with Crippen LogP contribution in [0.3, 0.4) is 0 Å². The third-order valence-electron chi connectivity index (χ3n) is 6.11. The number of carbonyl (C=O) groups excluding carboxylic acids is 2. The molecule has 6 nitrogen and oxygen atoms in total. The number of nitrogens with one attached hydrogen (secondary N) is 2. The van der Waals surface area contributed by atoms with Gasteiger partial charge in [0.15, 0.2) is 0 Å². The summed E-state index contributed by atoms with van der Waals surface area (Å²) in [5.74, 6) is 0.0559. The lowest BCUT2D eigenvalue weighted by atomic mass is 9.83. The van der Waals surface area contributed by atoms with Crippen LogP contribution in [0.2, 0.25) is 0 Å². The van der Waals surface area contributed by atoms with Gasteiger partial charge in [-0.25, -0.2) is 0 Å². The van der Waals surface area contributed by atoms with E-state index in [-0.39, 0.29) is 29.8 Å². The van der Waals surface area contributed by atoms with Crippen LogP contribution in [0.4, 0.5) is 5.69 Å². The van der Waals surface area contributed by atoms with Crippen LogP contribution in [0.25, 0.3) is 0 Å². The fraction of sp³-hybridized carbons (Fsp3) is 0.500. The predicted octanol–water partition coefficient (Wildman–Crippen LogP) is 2.29. The van der Waals surface area contributed by atoms with Crippen LogP contribution in [-0.4, -0.2) is 61.5 Å². The molecule has 2 unspecified atom stereocenters. The number of carbonyl (C=O) groups is 2. The van der Waals surface area contributed by atoms with Crippen molar-refractivity contribution in [1.29, 1.82) is 0 Å². The molecule has 166 valence electrons. The van der Waals surface area contributed by atoms with Crippen molar-refractivity contribution in [3.63, 3.8) is 0 Å². The Balaban J connectivity index is 1.45. The molecule has 1 fully saturated rings. The van der Waals surface area contributed by atoms with Crippen molar-refractivity contribution < 1.29 is 9.59 Å². The third-order valence-corrected chi connectivity index (χ3v) is 7.05. The molecule has 7 heteroatoms. The van der Waals surface area contributed by atoms with E-state index in [4.69, 9.17) is 0 Å². The largest absolute Gasteiger partial charge is 0.365 e. The van der Waals surface area contributed by atoms with Gasteiger partial charge in [-0.15, -0.1) is 11.3 Å². The molecule has 3 heterocycles. The molecule has 2 N–H and O–H groups in total. The number of rotatable bonds is 7. The van der Waals surface area contributed by atoms with Crippen LogP contribution in [0, 0.1) is 5.92 Å². The lowest BCUT2D eigenvalue weighted by Gasteiger charge is -2.49. The van der Waals surface area contributed by atoms with E-state index in [9.17, 15) is 9.59 Å². The molecule has 2 atom stereocenters. The summed E-state index contributed by atoms with van der Waals surface area (Å²) in [5, 5.41) is 8.23. The number of amides is 2. The second-order valence-corrected chi connectivity index (χ2v) is 9.81. The highest BCUT2D eigenvalue weighted by atomic mass is 32.1. The topological polar surface area (TPSA) is 64.7 Å². The van der Waals surface area contributed by atoms with Gasteiger partial charge in [-0.1, -0.05) is 24.3 Å². The molecular formula is C24H32N4O2S. The Labute approximate surface area is 188 Å². The number of hydrogen-bond acceptors (Lipinski definition) is 5. The van der Waals surface area contributed by atoms with Gasteiger partial charge in [0.1, 0.15) is 0 Å². The number of thiophene rings is 1. The fourth-order valence-corrected chi connectivity index (χ4v) is 5.44. The van der Waals surface area contributed by atoms with Gasteiger partial charge in [0.2, 0.25) is 11.8 Å². The van der Waals surface area contributed by atoms with Crippen molar-refractivity contribution in [3.8, 4) is 0 Å². The Bertz CT molecular complexity index is 899. The molecule has 0 saturated carbocycles. The Hall–Kier alpha value is -2.38. The van der Waals surface area contributed by atoms with E-state index >= 15 is 0 Å². The summed E-state index contributed by atoms with van der Waals surface area (Å²) in [6.07, 6.45) is 1.61. The summed E-state index contributed by atoms with van der Waals surface area (Å²) < 4.78 is 0. The van der Waals surface area contributed by atoms with Gasteiger partial charge in [-0.05, 0) is 49.8 Å². The van der Waals surface area contributed by atoms with E-state index in [0.717, 1.165) is 32.5 Å². The molecule has 2 amide bonds. The monoisotopic (exact) mass is 440 g/mol. The predicted molar refractivity (Wildman–Crippen MR) is 126 cm³/mol. The number of para-hydroxylation sites is 1. The molecule has 0 radical (unpaired) electrons. The average Bonchev–Trinajstić information content (AvgIpc) is 3.26. The molecule has 1 saturated heterocycles. The maximum atomic E-state index is 13.2. The van der Waals surface area contributed by atoms with E-state index < -0.39 is 0 Å². The number of anilines is 1. The molecule has 0 aliphatic carbocycles. The lowest BCUT2D eigenvalue weighted by molar-refractivity contribution is -0.126. The molecule has 1 aromatic carbocycles. The lowest BCUT2D eigenvalue weighted by Crippen LogP contribution is -2.62. The van der Waals surface area contributed by atoms with Crippen LogP contribution < -0.4 is 15.5 Å². The maximum absolute atomic E-state index is 13.2. The second kappa shape index (κ2) is 9.83. The van der Waals surface area contributed by atoms with E-state index in [1.54, 1.807) is 11.3 Å². The van der Waals surface area contributed by atoms with Crippen molar-refractivity contribution in [3.05, 3.63) is 52.2 Å². The first-order valence-corrected chi connectivity index (χ1v) is 12.1. The van der Waals surface area contributed by atoms with Crippen LogP contribution in [0.5, 0.6) is 0 Å². The van der Waals surface area contributed by atoms with Crippen molar-refractivity contribution in [2.75, 3.05) is 37.6 Å². The van der Waals surface area contributed by atoms with Crippen molar-refractivity contribution in [1.82, 2.24) is 15.5 Å². The molecule has 0 spiro atoms. The smallest absolute Gasteiger partial charge is 0.234 e. The zero-order valence-electron chi connectivity index (χ0n) is 18.3. The molecule has 2 aliphatic rings. The Morgan fingerprint density at radius 1 is 1.16 bits per heavy atom. The third kappa shape index (κ3) is 5.28. The standard InChI is InChI=1S/C24H32N4O2S/c1-17(2)26-23(29)16-27-11-12-28-21-8-4-3-6-18(21)14-20(22(28)15-27)24(30)25-10-9-19-7-5-13-31-19/h3-8,13,17,20,22H,9-12,14-16H2,1-2H3,(H,25,30)(H,26,29). The summed E-state index contributed by atoms with van der Waals surface area (Å²) in [4.78, 5) is 31.4. The zero-order valence-corrected chi connectivity index (χ0v) is 19.2. The molecule has 2 aliphatic heterocycles. The van der Waals surface area contributed by atoms with Crippen LogP contribution >= 0.6 is 11.3 Å². The van der Waals surface area contributed by atoms with Crippen LogP contribution in [-0.2, 0) is 22.4 Å². The number of hydrogen-bond donors (Lipinski definition) is 2. The summed E-state index contributed by atoms with van der Waals surface area (Å²) >= 11 is 1.73. The quantitative estimate of drug-likeness (QED) is 0.694. The molecule has 1 aromatic heterocycles. The first-order chi connectivity index (χ1) is 15.0. The molecule has 0 bridgehead atoms. The van der Waals surface area contributed by atoms with Gasteiger partial charge >= 0.3 is 0 Å². The summed E-state index contributed by atoms with van der Waals surface area (Å²) in [6.45, 7) is 7.37. The maximum Gasteiger partial charge on any atom is 0.234 e. The number of piperazine rings is 1. The summed E-state index contributed by atoms with van der Waals surface area (Å²) in [5.41, 5.74) is 2.48. The van der Waals surface area contributed by atoms with E-state index in [0.29, 0.717) is 13.1 Å². The SMILES string of the molecule is CC(C)NC(=O)CN1CCN2c3ccccc3CC(C(=O)NCCc3cccs3)C2C1. The molecule has 2 aromatic rings. The number of benzene rings is 1. The molecule has 31 heavy (non-hydrogen) atoms. The number of fused-ring (bicyclic) bond motifs is 3. The second-order valence-electron chi connectivity index (χ2n) is 8.78. The van der Waals surface area contributed by atoms with E-state index in [1.807, 2.05) is 19.9 Å². The van der Waals surface area contributed by atoms with Gasteiger partial charge in [0.05, 0.1) is 18.5 Å². The van der Waals surface area contributed by atoms with Gasteiger partial charge in [0.25, 0.3) is 0 Å². The highest BCUT2D eigenvalue weighted by Crippen LogP contribution is 2.35. The van der Waals surface area contributed by atoms with Gasteiger partial charge < -0.3 is 15.5 Å². The number of nitrogens with zero attached hydrogens (tertiary/aromatic N) is 2. The minimum atomic E-state index is -0.116. The molecular weight excluding hydrogens is 408 g/mol. The van der Waals surface area contributed by atoms with E-state index in [1.165, 1.54) is 16.1 Å². The normalized spacial score (nSPS) is 20.8. The minimum absolute atomic E-state index is 0.0524. The van der Waals surface area contributed by atoms with Crippen LogP contribution in [0.1, 0.15) is 24.3 Å². The van der Waals surface area contributed by atoms with Crippen LogP contribution in [0.15, 0.2) is 41.8 Å². The first kappa shape index (κ1) is 21.8. The Kier molecular flexibility index (Phi) is 6.92. The first-order valence-electron chi connectivity index (χ1n) is 11.2. The zero-order chi connectivity index (χ0) is 21.8. The average molecular weight is 441 g/mol. The van der Waals surface area contributed by atoms with Gasteiger partial charge in [0, 0.05) is 42.8 Å². The van der Waals surface area contributed by atoms with Crippen molar-refractivity contribution >= 4 is 28.8 Å². The van der Waals surface area contributed by atoms with E-state index in [2.05, 4.69) is 56.1 Å². The Morgan fingerprint density at radius 3 is 2.77 bits per heavy atom. The fourth-order valence-electron chi connectivity index (χ4n) is 4.73. The molecule has 4 rings (SSSR count). The highest BCUT2D eigenvalue weighted by molar-refractivity contribution is 7.09. The van der Waals surface area contributed by atoms with Crippen molar-refractivity contribution in [2.45, 2.75) is 38.8 Å². The summed E-state index contributed by atoms with van der Waals surface area (Å²) in [6, 6.07) is 12.8. The minimum Gasteiger partial charge on any atom is -0.365 e. The summed E-state index contributed by atoms with van der Waals surface area (Å²) in [7, 11) is 0. The highest BCUT2D eigenvalue weighted by Gasteiger charge is 2.41. The Morgan fingerprint density at radius 2 is 2.00 bits per heavy atom.